The van der Waals surface area contributed by atoms with E-state index in [1.165, 1.54) is 13.2 Å². The minimum atomic E-state index is -2.58. The molecule has 0 radical (unpaired) electrons. The van der Waals surface area contributed by atoms with Crippen LogP contribution in [0.2, 0.25) is 0 Å². The number of likely N-dealkylation sites (N-methyl/N-ethyl adjacent to an activating group) is 1. The summed E-state index contributed by atoms with van der Waals surface area (Å²) in [5, 5.41) is 4.75. The van der Waals surface area contributed by atoms with Crippen LogP contribution in [-0.4, -0.2) is 50.3 Å². The summed E-state index contributed by atoms with van der Waals surface area (Å²) in [7, 11) is 1.32. The topological polar surface area (TPSA) is 41.9 Å². The Morgan fingerprint density at radius 1 is 1.64 bits per heavy atom. The highest BCUT2D eigenvalue weighted by Crippen LogP contribution is 2.62. The zero-order chi connectivity index (χ0) is 22.7. The number of benzene rings is 1. The van der Waals surface area contributed by atoms with Crippen molar-refractivity contribution < 1.29 is 25.5 Å². The fourth-order valence-electron chi connectivity index (χ4n) is 4.50. The largest absolute Gasteiger partial charge is 0.493 e. The molecule has 2 heterocycles. The molecule has 116 valence electrons. The van der Waals surface area contributed by atoms with Crippen LogP contribution in [0.3, 0.4) is 0 Å². The fraction of sp³-hybridized carbons (Fsp3) is 0.556. The molecule has 5 rings (SSSR count). The number of ether oxygens (including phenoxy) is 2. The molecular weight excluding hydrogens is 278 g/mol. The molecule has 4 nitrogen and oxygen atoms in total. The molecule has 2 bridgehead atoms. The molecule has 1 N–H and O–H groups in total. The zero-order valence-corrected chi connectivity index (χ0v) is 12.0. The van der Waals surface area contributed by atoms with Crippen molar-refractivity contribution >= 4 is 0 Å². The summed E-state index contributed by atoms with van der Waals surface area (Å²) in [5.74, 6) is -0.661. The molecule has 2 aliphatic heterocycles. The van der Waals surface area contributed by atoms with Crippen LogP contribution in [0.1, 0.15) is 28.5 Å². The second kappa shape index (κ2) is 4.06. The summed E-state index contributed by atoms with van der Waals surface area (Å²) in [6.45, 7) is -2.57. The van der Waals surface area contributed by atoms with Crippen molar-refractivity contribution in [2.24, 2.45) is 5.92 Å². The van der Waals surface area contributed by atoms with E-state index in [1.54, 1.807) is 6.08 Å². The van der Waals surface area contributed by atoms with Crippen LogP contribution in [-0.2, 0) is 11.8 Å². The summed E-state index contributed by atoms with van der Waals surface area (Å²) in [5.41, 5.74) is -0.852. The highest BCUT2D eigenvalue weighted by atomic mass is 16.5. The van der Waals surface area contributed by atoms with Gasteiger partial charge in [0.05, 0.1) is 11.2 Å². The van der Waals surface area contributed by atoms with Crippen LogP contribution in [0.4, 0.5) is 0 Å². The first-order chi connectivity index (χ1) is 14.4. The Hall–Kier alpha value is -1.52. The van der Waals surface area contributed by atoms with E-state index in [9.17, 15) is 0 Å². The van der Waals surface area contributed by atoms with E-state index >= 15 is 0 Å². The third-order valence-corrected chi connectivity index (χ3v) is 5.41. The molecule has 4 aliphatic rings. The molecule has 1 aromatic carbocycles. The van der Waals surface area contributed by atoms with Gasteiger partial charge in [-0.2, -0.15) is 0 Å². The third kappa shape index (κ3) is 1.28. The predicted molar refractivity (Wildman–Crippen MR) is 82.5 cm³/mol. The molecule has 1 aromatic rings. The molecule has 1 fully saturated rings. The molecule has 0 saturated carbocycles. The molecule has 1 saturated heterocycles. The standard InChI is InChI=1S/C18H21NO3/c1-19-8-7-18-11-4-5-13(20)17(18)22-16-14(21-2)6-3-10(15(16)18)9-12(11)19/h3-6,11-13,17,20H,7-9H2,1-2H3/t11-,12+,13?,17?,18-/m0/s1/i1D3,3D,6D,9D2,13D,20D. The van der Waals surface area contributed by atoms with Gasteiger partial charge in [-0.05, 0) is 37.9 Å². The first-order valence-electron chi connectivity index (χ1n) is 11.8. The van der Waals surface area contributed by atoms with Crippen molar-refractivity contribution in [3.8, 4) is 11.5 Å². The van der Waals surface area contributed by atoms with Gasteiger partial charge in [0.2, 0.25) is 1.43 Å². The number of hydrogen-bond acceptors (Lipinski definition) is 4. The Labute approximate surface area is 143 Å². The molecular formula is C18H21NO3. The summed E-state index contributed by atoms with van der Waals surface area (Å²) in [6.07, 6.45) is -2.25. The van der Waals surface area contributed by atoms with Crippen LogP contribution in [0.15, 0.2) is 24.2 Å². The van der Waals surface area contributed by atoms with Gasteiger partial charge in [0, 0.05) is 29.8 Å². The lowest BCUT2D eigenvalue weighted by molar-refractivity contribution is -0.0453. The van der Waals surface area contributed by atoms with Crippen molar-refractivity contribution in [2.45, 2.75) is 36.4 Å². The second-order valence-corrected chi connectivity index (χ2v) is 6.22. The number of nitrogens with zero attached hydrogens (tertiary/aromatic N) is 1. The van der Waals surface area contributed by atoms with Crippen molar-refractivity contribution in [1.82, 2.24) is 4.90 Å². The molecule has 2 unspecified atom stereocenters. The first-order valence-corrected chi connectivity index (χ1v) is 7.35. The lowest BCUT2D eigenvalue weighted by Gasteiger charge is -2.56. The summed E-state index contributed by atoms with van der Waals surface area (Å²) >= 11 is 0. The van der Waals surface area contributed by atoms with Crippen LogP contribution >= 0.6 is 0 Å². The Morgan fingerprint density at radius 2 is 2.59 bits per heavy atom. The average Bonchev–Trinajstić information content (AvgIpc) is 3.02. The third-order valence-electron chi connectivity index (χ3n) is 5.41. The number of piperidine rings is 1. The zero-order valence-electron chi connectivity index (χ0n) is 21.0. The van der Waals surface area contributed by atoms with Crippen molar-refractivity contribution in [3.63, 3.8) is 0 Å². The van der Waals surface area contributed by atoms with Crippen molar-refractivity contribution in [1.29, 1.82) is 1.43 Å². The Balaban J connectivity index is 1.91. The maximum absolute atomic E-state index is 8.97. The average molecular weight is 308 g/mol. The molecule has 0 amide bonds. The van der Waals surface area contributed by atoms with Gasteiger partial charge < -0.3 is 19.5 Å². The summed E-state index contributed by atoms with van der Waals surface area (Å²) in [6, 6.07) is -1.94. The Bertz CT molecular complexity index is 1010. The van der Waals surface area contributed by atoms with Gasteiger partial charge in [-0.3, -0.25) is 0 Å². The van der Waals surface area contributed by atoms with Crippen molar-refractivity contribution in [3.05, 3.63) is 35.4 Å². The highest BCUT2D eigenvalue weighted by molar-refractivity contribution is 5.62. The van der Waals surface area contributed by atoms with E-state index < -0.39 is 48.9 Å². The van der Waals surface area contributed by atoms with Gasteiger partial charge in [-0.1, -0.05) is 18.2 Å². The smallest absolute Gasteiger partial charge is 0.211 e. The minimum absolute atomic E-state index is 0.0100. The number of rotatable bonds is 2. The SMILES string of the molecule is [2H]OC1([2H])C=C[C@H]2[C@@H]3N(C([2H])([2H])[2H])CC[C@@]24c2c(c(OC)c([2H])c([2H])c2C3([2H])[2H])OC14. The quantitative estimate of drug-likeness (QED) is 0.841. The Kier molecular flexibility index (Phi) is 1.28. The minimum Gasteiger partial charge on any atom is -0.493 e. The van der Waals surface area contributed by atoms with Crippen LogP contribution in [0.25, 0.3) is 0 Å². The van der Waals surface area contributed by atoms with Crippen LogP contribution < -0.4 is 9.47 Å². The van der Waals surface area contributed by atoms with Crippen LogP contribution in [0, 0.1) is 5.92 Å². The molecule has 0 aromatic heterocycles. The summed E-state index contributed by atoms with van der Waals surface area (Å²) < 4.78 is 86.6. The van der Waals surface area contributed by atoms with E-state index in [2.05, 4.69) is 0 Å². The molecule has 2 aliphatic carbocycles. The lowest BCUT2D eigenvalue weighted by Crippen LogP contribution is -2.64. The molecule has 22 heavy (non-hydrogen) atoms. The van der Waals surface area contributed by atoms with E-state index in [1.807, 2.05) is 0 Å². The molecule has 5 atom stereocenters. The van der Waals surface area contributed by atoms with Gasteiger partial charge in [0.1, 0.15) is 12.2 Å². The fourth-order valence-corrected chi connectivity index (χ4v) is 4.50. The number of hydrogen-bond donors (Lipinski definition) is 1. The van der Waals surface area contributed by atoms with Gasteiger partial charge in [-0.15, -0.1) is 0 Å². The highest BCUT2D eigenvalue weighted by Gasteiger charge is 2.64. The number of aliphatic hydroxyl groups is 1. The molecule has 1 spiro atoms. The normalized spacial score (nSPS) is 53.1. The lowest BCUT2D eigenvalue weighted by atomic mass is 9.53. The predicted octanol–water partition coefficient (Wildman–Crippen LogP) is 1.50. The molecule has 4 heteroatoms. The van der Waals surface area contributed by atoms with E-state index in [0.717, 1.165) is 4.90 Å². The summed E-state index contributed by atoms with van der Waals surface area (Å²) in [4.78, 5) is 1.14. The van der Waals surface area contributed by atoms with E-state index in [0.29, 0.717) is 5.56 Å². The monoisotopic (exact) mass is 308 g/mol. The van der Waals surface area contributed by atoms with Crippen LogP contribution in [0.5, 0.6) is 11.5 Å². The van der Waals surface area contributed by atoms with Gasteiger partial charge in [0.15, 0.2) is 11.5 Å². The van der Waals surface area contributed by atoms with Gasteiger partial charge >= 0.3 is 0 Å². The Morgan fingerprint density at radius 3 is 3.41 bits per heavy atom. The maximum atomic E-state index is 8.97. The van der Waals surface area contributed by atoms with E-state index in [4.69, 9.17) is 27.0 Å². The van der Waals surface area contributed by atoms with Gasteiger partial charge in [-0.25, -0.2) is 0 Å². The van der Waals surface area contributed by atoms with E-state index in [-0.39, 0.29) is 36.1 Å². The first kappa shape index (κ1) is 6.93. The second-order valence-electron chi connectivity index (χ2n) is 6.22. The number of methoxy groups -OCH3 is 1. The van der Waals surface area contributed by atoms with Crippen molar-refractivity contribution in [2.75, 3.05) is 20.6 Å². The van der Waals surface area contributed by atoms with Gasteiger partial charge in [0.25, 0.3) is 0 Å². The maximum Gasteiger partial charge on any atom is 0.211 e. The number of likely N-dealkylation sites (tertiary alicyclic amines) is 1.